The molecule has 35 heavy (non-hydrogen) atoms. The highest BCUT2D eigenvalue weighted by Crippen LogP contribution is 2.33. The van der Waals surface area contributed by atoms with Gasteiger partial charge >= 0.3 is 5.63 Å². The molecule has 2 aromatic heterocycles. The van der Waals surface area contributed by atoms with Crippen molar-refractivity contribution in [1.82, 2.24) is 14.8 Å². The Balaban J connectivity index is 1.43. The Morgan fingerprint density at radius 3 is 2.43 bits per heavy atom. The molecule has 0 N–H and O–H groups in total. The number of fused-ring (bicyclic) bond motifs is 3. The lowest BCUT2D eigenvalue weighted by Crippen LogP contribution is -2.02. The van der Waals surface area contributed by atoms with Crippen LogP contribution in [0.4, 0.5) is 4.39 Å². The first kappa shape index (κ1) is 21.3. The Labute approximate surface area is 203 Å². The van der Waals surface area contributed by atoms with Crippen LogP contribution in [-0.4, -0.2) is 14.8 Å². The van der Waals surface area contributed by atoms with E-state index in [9.17, 15) is 9.18 Å². The summed E-state index contributed by atoms with van der Waals surface area (Å²) in [7, 11) is 0. The fourth-order valence-electron chi connectivity index (χ4n) is 4.18. The van der Waals surface area contributed by atoms with Gasteiger partial charge < -0.3 is 4.42 Å². The van der Waals surface area contributed by atoms with Crippen molar-refractivity contribution in [2.24, 2.45) is 0 Å². The molecular formula is C28H18FN3O2S. The maximum absolute atomic E-state index is 13.6. The monoisotopic (exact) mass is 479 g/mol. The minimum Gasteiger partial charge on any atom is -0.422 e. The van der Waals surface area contributed by atoms with E-state index in [1.165, 1.54) is 30.0 Å². The van der Waals surface area contributed by atoms with Crippen LogP contribution in [0.5, 0.6) is 0 Å². The lowest BCUT2D eigenvalue weighted by Gasteiger charge is -2.11. The lowest BCUT2D eigenvalue weighted by atomic mass is 10.0. The quantitative estimate of drug-likeness (QED) is 0.158. The van der Waals surface area contributed by atoms with E-state index in [1.54, 1.807) is 12.1 Å². The summed E-state index contributed by atoms with van der Waals surface area (Å²) in [4.78, 5) is 12.4. The van der Waals surface area contributed by atoms with Crippen LogP contribution in [0.3, 0.4) is 0 Å². The summed E-state index contributed by atoms with van der Waals surface area (Å²) in [6.07, 6.45) is 0. The largest absolute Gasteiger partial charge is 0.422 e. The molecule has 7 heteroatoms. The SMILES string of the molecule is O=c1cc(CSc2nnc(-c3ccccc3)n2-c2ccc(F)cc2)c2ccc3ccccc3c2o1. The highest BCUT2D eigenvalue weighted by atomic mass is 32.2. The van der Waals surface area contributed by atoms with E-state index < -0.39 is 5.63 Å². The summed E-state index contributed by atoms with van der Waals surface area (Å²) in [5, 5.41) is 12.3. The molecule has 0 fully saturated rings. The van der Waals surface area contributed by atoms with E-state index in [0.717, 1.165) is 33.0 Å². The number of hydrogen-bond donors (Lipinski definition) is 0. The van der Waals surface area contributed by atoms with Crippen LogP contribution in [0, 0.1) is 5.82 Å². The second-order valence-corrected chi connectivity index (χ2v) is 8.97. The van der Waals surface area contributed by atoms with Gasteiger partial charge in [-0.3, -0.25) is 4.57 Å². The minimum absolute atomic E-state index is 0.313. The number of halogens is 1. The predicted octanol–water partition coefficient (Wildman–Crippen LogP) is 6.63. The number of aromatic nitrogens is 3. The highest BCUT2D eigenvalue weighted by Gasteiger charge is 2.17. The molecule has 0 atom stereocenters. The standard InChI is InChI=1S/C28H18FN3O2S/c29-21-11-13-22(14-12-21)32-27(19-7-2-1-3-8-19)30-31-28(32)35-17-20-16-25(33)34-26-23-9-5-4-6-18(23)10-15-24(20)26/h1-16H,17H2. The van der Waals surface area contributed by atoms with Gasteiger partial charge in [-0.1, -0.05) is 78.5 Å². The van der Waals surface area contributed by atoms with Crippen molar-refractivity contribution in [2.75, 3.05) is 0 Å². The predicted molar refractivity (Wildman–Crippen MR) is 136 cm³/mol. The van der Waals surface area contributed by atoms with Crippen LogP contribution in [0.1, 0.15) is 5.56 Å². The van der Waals surface area contributed by atoms with E-state index in [4.69, 9.17) is 4.42 Å². The molecular weight excluding hydrogens is 461 g/mol. The number of hydrogen-bond acceptors (Lipinski definition) is 5. The molecule has 5 nitrogen and oxygen atoms in total. The second kappa shape index (κ2) is 8.85. The number of rotatable bonds is 5. The van der Waals surface area contributed by atoms with Crippen LogP contribution in [-0.2, 0) is 5.75 Å². The van der Waals surface area contributed by atoms with Gasteiger partial charge in [0.2, 0.25) is 0 Å². The normalized spacial score (nSPS) is 11.3. The molecule has 0 bridgehead atoms. The Hall–Kier alpha value is -4.23. The van der Waals surface area contributed by atoms with Gasteiger partial charge in [0.25, 0.3) is 0 Å². The Bertz CT molecular complexity index is 1730. The van der Waals surface area contributed by atoms with E-state index >= 15 is 0 Å². The van der Waals surface area contributed by atoms with Crippen molar-refractivity contribution in [3.05, 3.63) is 119 Å². The minimum atomic E-state index is -0.394. The van der Waals surface area contributed by atoms with Gasteiger partial charge in [0.05, 0.1) is 0 Å². The molecule has 0 unspecified atom stereocenters. The summed E-state index contributed by atoms with van der Waals surface area (Å²) in [5.74, 6) is 0.823. The van der Waals surface area contributed by atoms with E-state index in [2.05, 4.69) is 10.2 Å². The van der Waals surface area contributed by atoms with Crippen LogP contribution < -0.4 is 5.63 Å². The van der Waals surface area contributed by atoms with Crippen molar-refractivity contribution in [1.29, 1.82) is 0 Å². The molecule has 0 amide bonds. The Morgan fingerprint density at radius 2 is 1.60 bits per heavy atom. The van der Waals surface area contributed by atoms with Crippen molar-refractivity contribution in [3.63, 3.8) is 0 Å². The second-order valence-electron chi connectivity index (χ2n) is 8.03. The molecule has 0 aliphatic rings. The van der Waals surface area contributed by atoms with Gasteiger partial charge in [-0.2, -0.15) is 0 Å². The molecule has 0 saturated heterocycles. The average molecular weight is 480 g/mol. The molecule has 0 aliphatic carbocycles. The topological polar surface area (TPSA) is 60.9 Å². The first-order valence-corrected chi connectivity index (χ1v) is 12.0. The van der Waals surface area contributed by atoms with Crippen molar-refractivity contribution < 1.29 is 8.81 Å². The summed E-state index contributed by atoms with van der Waals surface area (Å²) in [5.41, 5.74) is 2.68. The molecule has 4 aromatic carbocycles. The zero-order valence-corrected chi connectivity index (χ0v) is 19.2. The van der Waals surface area contributed by atoms with Crippen molar-refractivity contribution in [2.45, 2.75) is 10.9 Å². The van der Waals surface area contributed by atoms with Crippen molar-refractivity contribution >= 4 is 33.5 Å². The molecule has 6 rings (SSSR count). The maximum atomic E-state index is 13.6. The fraction of sp³-hybridized carbons (Fsp3) is 0.0357. The summed E-state index contributed by atoms with van der Waals surface area (Å²) >= 11 is 1.46. The van der Waals surface area contributed by atoms with Crippen LogP contribution >= 0.6 is 11.8 Å². The number of nitrogens with zero attached hydrogens (tertiary/aromatic N) is 3. The van der Waals surface area contributed by atoms with Crippen LogP contribution in [0.25, 0.3) is 38.8 Å². The average Bonchev–Trinajstić information content (AvgIpc) is 3.32. The molecule has 0 saturated carbocycles. The third-order valence-electron chi connectivity index (χ3n) is 5.83. The summed E-state index contributed by atoms with van der Waals surface area (Å²) < 4.78 is 21.1. The van der Waals surface area contributed by atoms with Gasteiger partial charge in [-0.05, 0) is 35.2 Å². The third kappa shape index (κ3) is 4.00. The molecule has 0 spiro atoms. The van der Waals surface area contributed by atoms with Gasteiger partial charge in [0.1, 0.15) is 11.4 Å². The smallest absolute Gasteiger partial charge is 0.336 e. The van der Waals surface area contributed by atoms with E-state index in [-0.39, 0.29) is 5.82 Å². The van der Waals surface area contributed by atoms with Gasteiger partial charge in [0.15, 0.2) is 11.0 Å². The Morgan fingerprint density at radius 1 is 0.829 bits per heavy atom. The van der Waals surface area contributed by atoms with Gasteiger partial charge in [-0.25, -0.2) is 9.18 Å². The molecule has 2 heterocycles. The van der Waals surface area contributed by atoms with Crippen molar-refractivity contribution in [3.8, 4) is 17.1 Å². The van der Waals surface area contributed by atoms with E-state index in [1.807, 2.05) is 71.3 Å². The third-order valence-corrected chi connectivity index (χ3v) is 6.80. The lowest BCUT2D eigenvalue weighted by molar-refractivity contribution is 0.563. The van der Waals surface area contributed by atoms with Crippen LogP contribution in [0.15, 0.2) is 111 Å². The van der Waals surface area contributed by atoms with Crippen LogP contribution in [0.2, 0.25) is 0 Å². The highest BCUT2D eigenvalue weighted by molar-refractivity contribution is 7.98. The zero-order chi connectivity index (χ0) is 23.8. The molecule has 0 radical (unpaired) electrons. The number of benzene rings is 4. The fourth-order valence-corrected chi connectivity index (χ4v) is 5.12. The molecule has 0 aliphatic heterocycles. The molecule has 6 aromatic rings. The summed E-state index contributed by atoms with van der Waals surface area (Å²) in [6, 6.07) is 29.3. The first-order valence-electron chi connectivity index (χ1n) is 11.0. The zero-order valence-electron chi connectivity index (χ0n) is 18.4. The molecule has 170 valence electrons. The maximum Gasteiger partial charge on any atom is 0.336 e. The first-order chi connectivity index (χ1) is 17.2. The van der Waals surface area contributed by atoms with Gasteiger partial charge in [-0.15, -0.1) is 10.2 Å². The summed E-state index contributed by atoms with van der Waals surface area (Å²) in [6.45, 7) is 0. The van der Waals surface area contributed by atoms with Gasteiger partial charge in [0, 0.05) is 33.8 Å². The number of thioether (sulfide) groups is 1. The Kier molecular flexibility index (Phi) is 5.39. The van der Waals surface area contributed by atoms with E-state index in [0.29, 0.717) is 22.3 Å².